The highest BCUT2D eigenvalue weighted by Crippen LogP contribution is 2.59. The average Bonchev–Trinajstić information content (AvgIpc) is 3.65. The van der Waals surface area contributed by atoms with E-state index in [1.807, 2.05) is 18.2 Å². The molecule has 3 aliphatic rings. The number of benzene rings is 1. The average molecular weight is 581 g/mol. The van der Waals surface area contributed by atoms with Gasteiger partial charge in [-0.1, -0.05) is 6.07 Å². The Balaban J connectivity index is 1.04. The van der Waals surface area contributed by atoms with Gasteiger partial charge in [-0.3, -0.25) is 4.90 Å². The number of imidazole rings is 1. The topological polar surface area (TPSA) is 136 Å². The minimum Gasteiger partial charge on any atom is -0.481 e. The molecular weight excluding hydrogens is 548 g/mol. The van der Waals surface area contributed by atoms with E-state index in [0.717, 1.165) is 67.1 Å². The maximum atomic E-state index is 11.6. The fraction of sp³-hybridized carbons (Fsp3) is 0.406. The van der Waals surface area contributed by atoms with Crippen molar-refractivity contribution in [2.24, 2.45) is 5.92 Å². The van der Waals surface area contributed by atoms with Gasteiger partial charge in [0.25, 0.3) is 0 Å². The molecule has 4 aromatic rings. The molecule has 11 nitrogen and oxygen atoms in total. The SMILES string of the molecule is COc1nc(C#N)ccc1COc1cccc(C23CCN(Cc4nc5ccc(C(=O)O)cc5n4C[C@@H]4CCO4)CC2C3)n1. The zero-order valence-electron chi connectivity index (χ0n) is 23.9. The van der Waals surface area contributed by atoms with E-state index in [1.54, 1.807) is 30.3 Å². The van der Waals surface area contributed by atoms with Crippen LogP contribution in [-0.2, 0) is 29.8 Å². The van der Waals surface area contributed by atoms with Gasteiger partial charge < -0.3 is 23.9 Å². The fourth-order valence-corrected chi connectivity index (χ4v) is 6.48. The molecule has 220 valence electrons. The van der Waals surface area contributed by atoms with Crippen LogP contribution in [0.15, 0.2) is 48.5 Å². The number of likely N-dealkylation sites (tertiary alicyclic amines) is 1. The van der Waals surface area contributed by atoms with Crippen molar-refractivity contribution in [3.8, 4) is 17.8 Å². The van der Waals surface area contributed by atoms with Crippen LogP contribution >= 0.6 is 0 Å². The van der Waals surface area contributed by atoms with Crippen LogP contribution in [0.3, 0.4) is 0 Å². The molecule has 5 heterocycles. The number of aromatic nitrogens is 4. The van der Waals surface area contributed by atoms with Gasteiger partial charge in [0.1, 0.15) is 24.2 Å². The van der Waals surface area contributed by atoms with E-state index in [1.165, 1.54) is 7.11 Å². The third-order valence-corrected chi connectivity index (χ3v) is 9.06. The number of hydrogen-bond donors (Lipinski definition) is 1. The lowest BCUT2D eigenvalue weighted by Crippen LogP contribution is -2.37. The number of aromatic carboxylic acids is 1. The molecule has 43 heavy (non-hydrogen) atoms. The number of carbonyl (C=O) groups is 1. The first-order valence-corrected chi connectivity index (χ1v) is 14.6. The van der Waals surface area contributed by atoms with Crippen molar-refractivity contribution in [2.45, 2.75) is 50.5 Å². The summed E-state index contributed by atoms with van der Waals surface area (Å²) in [6.07, 6.45) is 3.22. The Kier molecular flexibility index (Phi) is 6.95. The van der Waals surface area contributed by atoms with Crippen molar-refractivity contribution >= 4 is 17.0 Å². The normalized spacial score (nSPS) is 22.8. The predicted molar refractivity (Wildman–Crippen MR) is 155 cm³/mol. The summed E-state index contributed by atoms with van der Waals surface area (Å²) in [5, 5.41) is 18.6. The number of methoxy groups -OCH3 is 1. The van der Waals surface area contributed by atoms with Gasteiger partial charge >= 0.3 is 5.97 Å². The maximum Gasteiger partial charge on any atom is 0.335 e. The first-order chi connectivity index (χ1) is 21.0. The van der Waals surface area contributed by atoms with Gasteiger partial charge in [0.05, 0.1) is 54.2 Å². The Hall–Kier alpha value is -4.53. The molecule has 3 atom stereocenters. The number of nitrogens with zero attached hydrogens (tertiary/aromatic N) is 6. The van der Waals surface area contributed by atoms with Crippen LogP contribution in [0.4, 0.5) is 0 Å². The number of carboxylic acid groups (broad SMARTS) is 1. The van der Waals surface area contributed by atoms with Crippen molar-refractivity contribution in [2.75, 3.05) is 26.8 Å². The summed E-state index contributed by atoms with van der Waals surface area (Å²) in [5.41, 5.74) is 4.09. The Bertz CT molecular complexity index is 1740. The Labute approximate surface area is 248 Å². The van der Waals surface area contributed by atoms with Crippen LogP contribution in [-0.4, -0.2) is 68.4 Å². The second-order valence-electron chi connectivity index (χ2n) is 11.6. The zero-order valence-corrected chi connectivity index (χ0v) is 23.9. The second kappa shape index (κ2) is 10.9. The predicted octanol–water partition coefficient (Wildman–Crippen LogP) is 3.94. The van der Waals surface area contributed by atoms with E-state index >= 15 is 0 Å². The van der Waals surface area contributed by atoms with Gasteiger partial charge in [0, 0.05) is 24.6 Å². The van der Waals surface area contributed by atoms with Crippen LogP contribution in [0.2, 0.25) is 0 Å². The molecular formula is C32H32N6O5. The summed E-state index contributed by atoms with van der Waals surface area (Å²) in [7, 11) is 1.53. The van der Waals surface area contributed by atoms with E-state index < -0.39 is 5.97 Å². The van der Waals surface area contributed by atoms with E-state index in [-0.39, 0.29) is 23.7 Å². The molecule has 7 rings (SSSR count). The number of ether oxygens (including phenoxy) is 3. The maximum absolute atomic E-state index is 11.6. The Morgan fingerprint density at radius 1 is 1.21 bits per heavy atom. The number of nitriles is 1. The molecule has 3 fully saturated rings. The standard InChI is InChI=1S/C32H32N6O5/c1-41-30-21(5-7-23(15-33)34-30)19-43-29-4-2-3-27(36-29)32-10-11-37(16-22(32)14-32)18-28-35-25-8-6-20(31(39)40)13-26(25)38(28)17-24-9-12-42-24/h2-8,13,22,24H,9-12,14,16-19H2,1H3,(H,39,40)/t22?,24-,32?/m0/s1. The van der Waals surface area contributed by atoms with E-state index in [9.17, 15) is 9.90 Å². The number of fused-ring (bicyclic) bond motifs is 2. The van der Waals surface area contributed by atoms with Crippen molar-refractivity contribution in [3.05, 3.63) is 76.9 Å². The molecule has 11 heteroatoms. The number of pyridine rings is 2. The quantitative estimate of drug-likeness (QED) is 0.294. The van der Waals surface area contributed by atoms with Gasteiger partial charge in [-0.25, -0.2) is 19.7 Å². The highest BCUT2D eigenvalue weighted by Gasteiger charge is 2.58. The summed E-state index contributed by atoms with van der Waals surface area (Å²) in [6.45, 7) is 4.25. The highest BCUT2D eigenvalue weighted by atomic mass is 16.5. The summed E-state index contributed by atoms with van der Waals surface area (Å²) < 4.78 is 19.2. The van der Waals surface area contributed by atoms with Gasteiger partial charge in [-0.15, -0.1) is 0 Å². The van der Waals surface area contributed by atoms with Crippen molar-refractivity contribution in [1.29, 1.82) is 5.26 Å². The van der Waals surface area contributed by atoms with E-state index in [4.69, 9.17) is 29.4 Å². The van der Waals surface area contributed by atoms with Gasteiger partial charge in [-0.05, 0) is 68.1 Å². The van der Waals surface area contributed by atoms with Crippen molar-refractivity contribution in [1.82, 2.24) is 24.4 Å². The number of rotatable bonds is 10. The van der Waals surface area contributed by atoms with Crippen LogP contribution in [0.5, 0.6) is 11.8 Å². The summed E-state index contributed by atoms with van der Waals surface area (Å²) in [5.74, 6) is 1.44. The molecule has 2 saturated heterocycles. The lowest BCUT2D eigenvalue weighted by atomic mass is 9.91. The van der Waals surface area contributed by atoms with Gasteiger partial charge in [-0.2, -0.15) is 5.26 Å². The van der Waals surface area contributed by atoms with E-state index in [0.29, 0.717) is 36.5 Å². The molecule has 1 saturated carbocycles. The van der Waals surface area contributed by atoms with Crippen molar-refractivity contribution < 1.29 is 24.1 Å². The molecule has 2 aliphatic heterocycles. The molecule has 3 aromatic heterocycles. The summed E-state index contributed by atoms with van der Waals surface area (Å²) in [4.78, 5) is 28.1. The monoisotopic (exact) mass is 580 g/mol. The number of piperidine rings is 1. The summed E-state index contributed by atoms with van der Waals surface area (Å²) in [6, 6.07) is 16.6. The fourth-order valence-electron chi connectivity index (χ4n) is 6.48. The second-order valence-corrected chi connectivity index (χ2v) is 11.6. The van der Waals surface area contributed by atoms with Gasteiger partial charge in [0.2, 0.25) is 11.8 Å². The third-order valence-electron chi connectivity index (χ3n) is 9.06. The molecule has 1 aromatic carbocycles. The molecule has 0 amide bonds. The molecule has 0 bridgehead atoms. The Morgan fingerprint density at radius 2 is 2.09 bits per heavy atom. The highest BCUT2D eigenvalue weighted by molar-refractivity contribution is 5.92. The first-order valence-electron chi connectivity index (χ1n) is 14.6. The van der Waals surface area contributed by atoms with Crippen LogP contribution in [0, 0.1) is 17.2 Å². The molecule has 0 spiro atoms. The zero-order chi connectivity index (χ0) is 29.6. The lowest BCUT2D eigenvalue weighted by Gasteiger charge is -2.32. The molecule has 1 aliphatic carbocycles. The minimum absolute atomic E-state index is 0.0554. The van der Waals surface area contributed by atoms with Gasteiger partial charge in [0.15, 0.2) is 0 Å². The third kappa shape index (κ3) is 5.17. The van der Waals surface area contributed by atoms with Crippen molar-refractivity contribution in [3.63, 3.8) is 0 Å². The smallest absolute Gasteiger partial charge is 0.335 e. The minimum atomic E-state index is -0.939. The number of hydrogen-bond acceptors (Lipinski definition) is 9. The van der Waals surface area contributed by atoms with Crippen LogP contribution in [0.25, 0.3) is 11.0 Å². The Morgan fingerprint density at radius 3 is 2.84 bits per heavy atom. The lowest BCUT2D eigenvalue weighted by molar-refractivity contribution is -0.0592. The van der Waals surface area contributed by atoms with Crippen LogP contribution < -0.4 is 9.47 Å². The first kappa shape index (κ1) is 27.3. The van der Waals surface area contributed by atoms with Crippen LogP contribution in [0.1, 0.15) is 52.4 Å². The van der Waals surface area contributed by atoms with E-state index in [2.05, 4.69) is 20.5 Å². The summed E-state index contributed by atoms with van der Waals surface area (Å²) >= 11 is 0. The number of carboxylic acids is 1. The molecule has 1 N–H and O–H groups in total. The molecule has 2 unspecified atom stereocenters. The molecule has 0 radical (unpaired) electrons. The largest absolute Gasteiger partial charge is 0.481 e.